The van der Waals surface area contributed by atoms with Gasteiger partial charge in [0.05, 0.1) is 17.9 Å². The maximum atomic E-state index is 14.6. The monoisotopic (exact) mass is 451 g/mol. The van der Waals surface area contributed by atoms with Crippen LogP contribution in [0.1, 0.15) is 29.4 Å². The second-order valence-corrected chi connectivity index (χ2v) is 6.96. The van der Waals surface area contributed by atoms with Crippen molar-refractivity contribution in [3.8, 4) is 18.2 Å². The minimum Gasteiger partial charge on any atom is -0.463 e. The van der Waals surface area contributed by atoms with Crippen LogP contribution in [0.5, 0.6) is 5.88 Å². The van der Waals surface area contributed by atoms with E-state index in [4.69, 9.17) is 16.9 Å². The van der Waals surface area contributed by atoms with Crippen molar-refractivity contribution in [2.24, 2.45) is 10.7 Å². The summed E-state index contributed by atoms with van der Waals surface area (Å²) in [6.45, 7) is 1.27. The Balaban J connectivity index is 1.83. The largest absolute Gasteiger partial charge is 0.463 e. The van der Waals surface area contributed by atoms with Crippen LogP contribution in [-0.4, -0.2) is 40.8 Å². The van der Waals surface area contributed by atoms with Gasteiger partial charge in [-0.1, -0.05) is 5.92 Å². The molecule has 0 fully saturated rings. The molecule has 8 nitrogen and oxygen atoms in total. The number of amidine groups is 1. The number of terminal acetylenes is 1. The van der Waals surface area contributed by atoms with Gasteiger partial charge in [-0.2, -0.15) is 13.2 Å². The Labute approximate surface area is 179 Å². The van der Waals surface area contributed by atoms with Gasteiger partial charge in [0, 0.05) is 17.7 Å². The first-order chi connectivity index (χ1) is 15.0. The van der Waals surface area contributed by atoms with E-state index < -0.39 is 42.0 Å². The quantitative estimate of drug-likeness (QED) is 0.534. The number of ether oxygens (including phenoxy) is 2. The molecule has 2 heterocycles. The smallest absolute Gasteiger partial charge is 0.425 e. The summed E-state index contributed by atoms with van der Waals surface area (Å²) in [4.78, 5) is 24.1. The number of nitrogens with zero attached hydrogens (tertiary/aromatic N) is 3. The lowest BCUT2D eigenvalue weighted by molar-refractivity contribution is -0.208. The van der Waals surface area contributed by atoms with Gasteiger partial charge >= 0.3 is 6.18 Å². The number of nitrogens with two attached hydrogens (primary N) is 1. The Hall–Kier alpha value is -3.88. The van der Waals surface area contributed by atoms with Crippen LogP contribution in [0, 0.1) is 18.2 Å². The standard InChI is InChI=1S/C20H17F4N5O3/c1-3-6-31-16-10-26-14(9-27-16)17(30)28-11-4-5-13(21)12(7-11)19(2)8-15(20(22,23)24)32-18(25)29-19/h1,4-5,7,9-10,15H,6,8H2,2H3,(H2,25,29)(H,28,30)/t15-,19+/m0/s1. The number of alkyl halides is 3. The van der Waals surface area contributed by atoms with Crippen LogP contribution in [0.25, 0.3) is 0 Å². The zero-order valence-corrected chi connectivity index (χ0v) is 16.6. The molecule has 0 radical (unpaired) electrons. The van der Waals surface area contributed by atoms with Gasteiger partial charge in [-0.15, -0.1) is 6.42 Å². The zero-order chi connectivity index (χ0) is 23.5. The SMILES string of the molecule is C#CCOc1cnc(C(=O)Nc2ccc(F)c([C@@]3(C)C[C@@H](C(F)(F)F)OC(N)=N3)c2)cn1. The molecule has 32 heavy (non-hydrogen) atoms. The first-order valence-electron chi connectivity index (χ1n) is 9.10. The molecular formula is C20H17F4N5O3. The number of anilines is 1. The van der Waals surface area contributed by atoms with Crippen LogP contribution in [-0.2, 0) is 10.3 Å². The van der Waals surface area contributed by atoms with E-state index in [1.165, 1.54) is 25.3 Å². The Bertz CT molecular complexity index is 1080. The Kier molecular flexibility index (Phi) is 6.20. The molecule has 1 aromatic heterocycles. The lowest BCUT2D eigenvalue weighted by Gasteiger charge is -2.36. The molecule has 1 aliphatic rings. The minimum absolute atomic E-state index is 0.0232. The lowest BCUT2D eigenvalue weighted by atomic mass is 9.85. The molecule has 12 heteroatoms. The fourth-order valence-electron chi connectivity index (χ4n) is 3.05. The maximum absolute atomic E-state index is 14.6. The lowest BCUT2D eigenvalue weighted by Crippen LogP contribution is -2.46. The Morgan fingerprint density at radius 2 is 2.16 bits per heavy atom. The predicted octanol–water partition coefficient (Wildman–Crippen LogP) is 2.76. The van der Waals surface area contributed by atoms with Gasteiger partial charge < -0.3 is 20.5 Å². The van der Waals surface area contributed by atoms with E-state index in [-0.39, 0.29) is 29.4 Å². The van der Waals surface area contributed by atoms with E-state index >= 15 is 0 Å². The van der Waals surface area contributed by atoms with Crippen LogP contribution in [0.4, 0.5) is 23.2 Å². The molecule has 1 aliphatic heterocycles. The molecule has 168 valence electrons. The van der Waals surface area contributed by atoms with Gasteiger partial charge in [0.25, 0.3) is 11.9 Å². The van der Waals surface area contributed by atoms with Gasteiger partial charge in [0.2, 0.25) is 5.88 Å². The number of carbonyl (C=O) groups is 1. The van der Waals surface area contributed by atoms with Crippen molar-refractivity contribution in [3.05, 3.63) is 47.7 Å². The zero-order valence-electron chi connectivity index (χ0n) is 16.6. The molecule has 0 saturated carbocycles. The molecule has 0 spiro atoms. The summed E-state index contributed by atoms with van der Waals surface area (Å²) in [5.41, 5.74) is 3.57. The summed E-state index contributed by atoms with van der Waals surface area (Å²) in [6, 6.07) is 2.71. The van der Waals surface area contributed by atoms with Crippen LogP contribution < -0.4 is 15.8 Å². The highest BCUT2D eigenvalue weighted by atomic mass is 19.4. The van der Waals surface area contributed by atoms with Crippen molar-refractivity contribution in [2.45, 2.75) is 31.2 Å². The number of carbonyl (C=O) groups excluding carboxylic acids is 1. The van der Waals surface area contributed by atoms with Crippen molar-refractivity contribution in [1.29, 1.82) is 0 Å². The van der Waals surface area contributed by atoms with Crippen molar-refractivity contribution in [3.63, 3.8) is 0 Å². The second kappa shape index (κ2) is 8.70. The highest BCUT2D eigenvalue weighted by Crippen LogP contribution is 2.41. The highest BCUT2D eigenvalue weighted by Gasteiger charge is 2.50. The molecular weight excluding hydrogens is 434 g/mol. The van der Waals surface area contributed by atoms with Crippen molar-refractivity contribution >= 4 is 17.6 Å². The van der Waals surface area contributed by atoms with Crippen LogP contribution >= 0.6 is 0 Å². The van der Waals surface area contributed by atoms with Gasteiger partial charge in [-0.05, 0) is 25.1 Å². The Morgan fingerprint density at radius 1 is 1.41 bits per heavy atom. The molecule has 1 amide bonds. The number of halogens is 4. The van der Waals surface area contributed by atoms with Crippen molar-refractivity contribution < 1.29 is 31.8 Å². The summed E-state index contributed by atoms with van der Waals surface area (Å²) in [5.74, 6) is 0.861. The average Bonchev–Trinajstić information content (AvgIpc) is 2.72. The molecule has 0 bridgehead atoms. The summed E-state index contributed by atoms with van der Waals surface area (Å²) in [5, 5.41) is 2.48. The van der Waals surface area contributed by atoms with Crippen molar-refractivity contribution in [1.82, 2.24) is 9.97 Å². The fourth-order valence-corrected chi connectivity index (χ4v) is 3.05. The number of hydrogen-bond acceptors (Lipinski definition) is 7. The third kappa shape index (κ3) is 5.05. The number of benzene rings is 1. The van der Waals surface area contributed by atoms with Gasteiger partial charge in [-0.25, -0.2) is 19.4 Å². The number of rotatable bonds is 5. The Morgan fingerprint density at radius 3 is 2.78 bits per heavy atom. The van der Waals surface area contributed by atoms with Gasteiger partial charge in [0.1, 0.15) is 11.5 Å². The first kappa shape index (κ1) is 22.8. The molecule has 2 aromatic rings. The predicted molar refractivity (Wildman–Crippen MR) is 105 cm³/mol. The minimum atomic E-state index is -4.72. The maximum Gasteiger partial charge on any atom is 0.425 e. The average molecular weight is 451 g/mol. The van der Waals surface area contributed by atoms with Gasteiger partial charge in [0.15, 0.2) is 12.7 Å². The highest BCUT2D eigenvalue weighted by molar-refractivity contribution is 6.02. The number of amides is 1. The molecule has 1 aromatic carbocycles. The molecule has 2 atom stereocenters. The topological polar surface area (TPSA) is 112 Å². The third-order valence-electron chi connectivity index (χ3n) is 4.54. The van der Waals surface area contributed by atoms with E-state index in [9.17, 15) is 22.4 Å². The molecule has 0 aliphatic carbocycles. The van der Waals surface area contributed by atoms with Crippen LogP contribution in [0.15, 0.2) is 35.6 Å². The van der Waals surface area contributed by atoms with E-state index in [0.717, 1.165) is 12.3 Å². The third-order valence-corrected chi connectivity index (χ3v) is 4.54. The van der Waals surface area contributed by atoms with E-state index in [1.54, 1.807) is 0 Å². The normalized spacial score (nSPS) is 20.5. The summed E-state index contributed by atoms with van der Waals surface area (Å²) < 4.78 is 63.8. The number of nitrogens with one attached hydrogen (secondary N) is 1. The van der Waals surface area contributed by atoms with E-state index in [0.29, 0.717) is 0 Å². The van der Waals surface area contributed by atoms with Crippen molar-refractivity contribution in [2.75, 3.05) is 11.9 Å². The summed E-state index contributed by atoms with van der Waals surface area (Å²) in [6.07, 6.45) is -0.269. The molecule has 0 unspecified atom stereocenters. The summed E-state index contributed by atoms with van der Waals surface area (Å²) in [7, 11) is 0. The number of hydrogen-bond donors (Lipinski definition) is 2. The first-order valence-corrected chi connectivity index (χ1v) is 9.10. The molecule has 3 N–H and O–H groups in total. The number of aliphatic imine (C=N–C) groups is 1. The van der Waals surface area contributed by atoms with E-state index in [2.05, 4.69) is 30.9 Å². The van der Waals surface area contributed by atoms with Crippen LogP contribution in [0.3, 0.4) is 0 Å². The molecule has 3 rings (SSSR count). The van der Waals surface area contributed by atoms with Crippen LogP contribution in [0.2, 0.25) is 0 Å². The molecule has 0 saturated heterocycles. The second-order valence-electron chi connectivity index (χ2n) is 6.96. The fraction of sp³-hybridized carbons (Fsp3) is 0.300. The summed E-state index contributed by atoms with van der Waals surface area (Å²) >= 11 is 0. The number of aromatic nitrogens is 2. The van der Waals surface area contributed by atoms with E-state index in [1.807, 2.05) is 0 Å². The van der Waals surface area contributed by atoms with Gasteiger partial charge in [-0.3, -0.25) is 4.79 Å².